The number of aliphatic carboxylic acids is 1. The second kappa shape index (κ2) is 9.43. The van der Waals surface area contributed by atoms with Crippen molar-refractivity contribution in [3.63, 3.8) is 0 Å². The second-order valence-electron chi connectivity index (χ2n) is 8.55. The van der Waals surface area contributed by atoms with Gasteiger partial charge in [-0.3, -0.25) is 4.79 Å². The number of benzene rings is 2. The summed E-state index contributed by atoms with van der Waals surface area (Å²) in [5.74, 6) is -2.09. The summed E-state index contributed by atoms with van der Waals surface area (Å²) in [6.45, 7) is 3.03. The summed E-state index contributed by atoms with van der Waals surface area (Å²) in [6, 6.07) is 21.3. The molecule has 2 aliphatic rings. The summed E-state index contributed by atoms with van der Waals surface area (Å²) in [7, 11) is 0. The molecule has 0 aromatic heterocycles. The van der Waals surface area contributed by atoms with Crippen LogP contribution >= 0.6 is 0 Å². The minimum absolute atomic E-state index is 0.0129. The summed E-state index contributed by atoms with van der Waals surface area (Å²) in [6.07, 6.45) is 3.03. The van der Waals surface area contributed by atoms with Gasteiger partial charge in [0, 0.05) is 28.9 Å². The Balaban J connectivity index is 1.47. The Hall–Kier alpha value is -2.66. The van der Waals surface area contributed by atoms with Crippen molar-refractivity contribution < 1.29 is 19.6 Å². The number of carboxylic acids is 1. The van der Waals surface area contributed by atoms with Crippen LogP contribution in [0.25, 0.3) is 0 Å². The fourth-order valence-electron chi connectivity index (χ4n) is 5.20. The van der Waals surface area contributed by atoms with Crippen LogP contribution in [-0.2, 0) is 9.59 Å². The zero-order valence-corrected chi connectivity index (χ0v) is 17.3. The SMILES string of the molecule is O=C([O-])[C@H]1CCCC[C@@H]1C(=O)N1CC[NH+](C(c2ccccc2)c2ccccc2)CC1. The van der Waals surface area contributed by atoms with Gasteiger partial charge in [0.15, 0.2) is 0 Å². The Morgan fingerprint density at radius 1 is 0.833 bits per heavy atom. The van der Waals surface area contributed by atoms with E-state index in [4.69, 9.17) is 0 Å². The number of hydrogen-bond acceptors (Lipinski definition) is 3. The lowest BCUT2D eigenvalue weighted by atomic mass is 9.78. The number of amides is 1. The number of piperazine rings is 1. The minimum Gasteiger partial charge on any atom is -0.550 e. The predicted octanol–water partition coefficient (Wildman–Crippen LogP) is 1.06. The molecule has 1 N–H and O–H groups in total. The van der Waals surface area contributed by atoms with E-state index in [1.165, 1.54) is 16.0 Å². The highest BCUT2D eigenvalue weighted by atomic mass is 16.4. The quantitative estimate of drug-likeness (QED) is 0.808. The van der Waals surface area contributed by atoms with Crippen molar-refractivity contribution in [1.82, 2.24) is 4.90 Å². The molecule has 1 aliphatic carbocycles. The zero-order valence-electron chi connectivity index (χ0n) is 17.3. The second-order valence-corrected chi connectivity index (χ2v) is 8.55. The van der Waals surface area contributed by atoms with Gasteiger partial charge in [0.25, 0.3) is 0 Å². The van der Waals surface area contributed by atoms with Gasteiger partial charge in [-0.15, -0.1) is 0 Å². The van der Waals surface area contributed by atoms with Crippen LogP contribution in [-0.4, -0.2) is 43.0 Å². The van der Waals surface area contributed by atoms with E-state index in [0.717, 1.165) is 25.9 Å². The number of carbonyl (C=O) groups is 2. The van der Waals surface area contributed by atoms with E-state index in [1.54, 1.807) is 0 Å². The van der Waals surface area contributed by atoms with Gasteiger partial charge in [-0.2, -0.15) is 0 Å². The molecule has 1 aliphatic heterocycles. The number of carbonyl (C=O) groups excluding carboxylic acids is 2. The summed E-state index contributed by atoms with van der Waals surface area (Å²) < 4.78 is 0. The molecule has 0 radical (unpaired) electrons. The minimum atomic E-state index is -1.06. The Morgan fingerprint density at radius 2 is 1.33 bits per heavy atom. The van der Waals surface area contributed by atoms with E-state index in [-0.39, 0.29) is 11.9 Å². The molecule has 2 aromatic carbocycles. The van der Waals surface area contributed by atoms with E-state index in [2.05, 4.69) is 48.5 Å². The van der Waals surface area contributed by atoms with Crippen LogP contribution in [0.3, 0.4) is 0 Å². The van der Waals surface area contributed by atoms with Crippen LogP contribution in [0.15, 0.2) is 60.7 Å². The summed E-state index contributed by atoms with van der Waals surface area (Å²) in [4.78, 5) is 28.0. The van der Waals surface area contributed by atoms with E-state index in [9.17, 15) is 14.7 Å². The Bertz CT molecular complexity index is 808. The molecule has 2 aromatic rings. The smallest absolute Gasteiger partial charge is 0.226 e. The van der Waals surface area contributed by atoms with Gasteiger partial charge in [-0.25, -0.2) is 0 Å². The number of quaternary nitrogens is 1. The molecule has 1 saturated heterocycles. The van der Waals surface area contributed by atoms with Gasteiger partial charge in [0.05, 0.1) is 26.2 Å². The summed E-state index contributed by atoms with van der Waals surface area (Å²) in [5, 5.41) is 11.5. The molecular weight excluding hydrogens is 376 g/mol. The molecule has 0 bridgehead atoms. The Kier molecular flexibility index (Phi) is 6.48. The molecule has 0 spiro atoms. The van der Waals surface area contributed by atoms with Crippen molar-refractivity contribution in [2.75, 3.05) is 26.2 Å². The lowest BCUT2D eigenvalue weighted by molar-refractivity contribution is -0.929. The largest absolute Gasteiger partial charge is 0.550 e. The number of nitrogens with one attached hydrogen (secondary N) is 1. The van der Waals surface area contributed by atoms with Crippen molar-refractivity contribution in [2.24, 2.45) is 11.8 Å². The van der Waals surface area contributed by atoms with Crippen molar-refractivity contribution in [3.8, 4) is 0 Å². The molecule has 1 amide bonds. The van der Waals surface area contributed by atoms with E-state index in [0.29, 0.717) is 25.9 Å². The van der Waals surface area contributed by atoms with Crippen LogP contribution in [0.4, 0.5) is 0 Å². The van der Waals surface area contributed by atoms with Crippen LogP contribution in [0.1, 0.15) is 42.9 Å². The highest BCUT2D eigenvalue weighted by Crippen LogP contribution is 2.31. The van der Waals surface area contributed by atoms with Gasteiger partial charge < -0.3 is 19.7 Å². The lowest BCUT2D eigenvalue weighted by Gasteiger charge is -2.40. The molecule has 2 fully saturated rings. The molecule has 2 atom stereocenters. The van der Waals surface area contributed by atoms with Crippen LogP contribution in [0, 0.1) is 11.8 Å². The number of rotatable bonds is 5. The van der Waals surface area contributed by atoms with Crippen molar-refractivity contribution >= 4 is 11.9 Å². The van der Waals surface area contributed by atoms with Crippen LogP contribution in [0.5, 0.6) is 0 Å². The molecular formula is C25H30N2O3. The van der Waals surface area contributed by atoms with E-state index >= 15 is 0 Å². The first-order valence-corrected chi connectivity index (χ1v) is 11.1. The number of carboxylic acid groups (broad SMARTS) is 1. The first-order chi connectivity index (χ1) is 14.6. The highest BCUT2D eigenvalue weighted by molar-refractivity contribution is 5.84. The van der Waals surface area contributed by atoms with Crippen LogP contribution < -0.4 is 10.0 Å². The first kappa shape index (κ1) is 20.6. The third-order valence-corrected chi connectivity index (χ3v) is 6.78. The van der Waals surface area contributed by atoms with Gasteiger partial charge in [-0.1, -0.05) is 73.5 Å². The fraction of sp³-hybridized carbons (Fsp3) is 0.440. The molecule has 4 rings (SSSR count). The third kappa shape index (κ3) is 4.41. The molecule has 1 saturated carbocycles. The molecule has 5 nitrogen and oxygen atoms in total. The molecule has 1 heterocycles. The normalized spacial score (nSPS) is 22.8. The fourth-order valence-corrected chi connectivity index (χ4v) is 5.20. The average Bonchev–Trinajstić information content (AvgIpc) is 2.81. The van der Waals surface area contributed by atoms with Gasteiger partial charge >= 0.3 is 0 Å². The van der Waals surface area contributed by atoms with Crippen molar-refractivity contribution in [3.05, 3.63) is 71.8 Å². The maximum Gasteiger partial charge on any atom is 0.226 e. The van der Waals surface area contributed by atoms with Gasteiger partial charge in [-0.05, 0) is 12.8 Å². The summed E-state index contributed by atoms with van der Waals surface area (Å²) in [5.41, 5.74) is 2.56. The van der Waals surface area contributed by atoms with Gasteiger partial charge in [0.1, 0.15) is 6.04 Å². The Morgan fingerprint density at radius 3 is 1.83 bits per heavy atom. The maximum atomic E-state index is 13.1. The number of nitrogens with zero attached hydrogens (tertiary/aromatic N) is 1. The summed E-state index contributed by atoms with van der Waals surface area (Å²) >= 11 is 0. The molecule has 0 unspecified atom stereocenters. The topological polar surface area (TPSA) is 64.9 Å². The average molecular weight is 407 g/mol. The zero-order chi connectivity index (χ0) is 20.9. The molecule has 158 valence electrons. The van der Waals surface area contributed by atoms with E-state index in [1.807, 2.05) is 17.0 Å². The van der Waals surface area contributed by atoms with Crippen molar-refractivity contribution in [1.29, 1.82) is 0 Å². The monoisotopic (exact) mass is 406 g/mol. The highest BCUT2D eigenvalue weighted by Gasteiger charge is 2.37. The lowest BCUT2D eigenvalue weighted by Crippen LogP contribution is -3.15. The van der Waals surface area contributed by atoms with Crippen LogP contribution in [0.2, 0.25) is 0 Å². The first-order valence-electron chi connectivity index (χ1n) is 11.1. The molecule has 5 heteroatoms. The predicted molar refractivity (Wildman–Crippen MR) is 112 cm³/mol. The van der Waals surface area contributed by atoms with E-state index < -0.39 is 17.8 Å². The third-order valence-electron chi connectivity index (χ3n) is 6.78. The molecule has 30 heavy (non-hydrogen) atoms. The standard InChI is InChI=1S/C25H30N2O3/c28-24(21-13-7-8-14-22(21)25(29)30)27-17-15-26(16-18-27)23(19-9-3-1-4-10-19)20-11-5-2-6-12-20/h1-6,9-12,21-23H,7-8,13-18H2,(H,29,30)/t21-,22-/m0/s1. The van der Waals surface area contributed by atoms with Crippen molar-refractivity contribution in [2.45, 2.75) is 31.7 Å². The Labute approximate surface area is 178 Å². The number of hydrogen-bond donors (Lipinski definition) is 1. The van der Waals surface area contributed by atoms with Gasteiger partial charge in [0.2, 0.25) is 5.91 Å². The maximum absolute atomic E-state index is 13.1.